The van der Waals surface area contributed by atoms with E-state index in [-0.39, 0.29) is 6.42 Å². The summed E-state index contributed by atoms with van der Waals surface area (Å²) in [7, 11) is 2.04. The van der Waals surface area contributed by atoms with Gasteiger partial charge in [0.25, 0.3) is 0 Å². The highest BCUT2D eigenvalue weighted by Gasteiger charge is 2.17. The molecule has 0 aromatic carbocycles. The molecule has 1 rings (SSSR count). The van der Waals surface area contributed by atoms with Gasteiger partial charge in [-0.05, 0) is 40.3 Å². The van der Waals surface area contributed by atoms with Crippen molar-refractivity contribution < 1.29 is 9.90 Å². The van der Waals surface area contributed by atoms with Gasteiger partial charge in [-0.1, -0.05) is 6.92 Å². The summed E-state index contributed by atoms with van der Waals surface area (Å²) in [6.07, 6.45) is 1.90. The summed E-state index contributed by atoms with van der Waals surface area (Å²) in [6.45, 7) is 7.11. The van der Waals surface area contributed by atoms with Gasteiger partial charge in [-0.15, -0.1) is 11.3 Å². The standard InChI is InChI=1S/C13H22N2O2S/c1-5-11-14-9(2)13(18-11)10(3)15(4)8-6-7-12(16)17/h10H,5-8H2,1-4H3,(H,16,17). The number of hydrogen-bond acceptors (Lipinski definition) is 4. The first-order chi connectivity index (χ1) is 8.45. The van der Waals surface area contributed by atoms with E-state index in [1.807, 2.05) is 14.0 Å². The van der Waals surface area contributed by atoms with E-state index in [4.69, 9.17) is 5.11 Å². The van der Waals surface area contributed by atoms with E-state index in [2.05, 4.69) is 23.7 Å². The van der Waals surface area contributed by atoms with Gasteiger partial charge in [0.15, 0.2) is 0 Å². The number of hydrogen-bond donors (Lipinski definition) is 1. The fourth-order valence-electron chi connectivity index (χ4n) is 1.88. The van der Waals surface area contributed by atoms with Crippen molar-refractivity contribution in [3.8, 4) is 0 Å². The van der Waals surface area contributed by atoms with Crippen molar-refractivity contribution in [3.63, 3.8) is 0 Å². The summed E-state index contributed by atoms with van der Waals surface area (Å²) in [6, 6.07) is 0.302. The summed E-state index contributed by atoms with van der Waals surface area (Å²) >= 11 is 1.77. The van der Waals surface area contributed by atoms with Gasteiger partial charge in [0.2, 0.25) is 0 Å². The second-order valence-electron chi connectivity index (χ2n) is 4.56. The molecule has 1 unspecified atom stereocenters. The Labute approximate surface area is 113 Å². The van der Waals surface area contributed by atoms with Crippen molar-refractivity contribution in [2.75, 3.05) is 13.6 Å². The maximum Gasteiger partial charge on any atom is 0.303 e. The summed E-state index contributed by atoms with van der Waals surface area (Å²) in [5.74, 6) is -0.724. The number of aromatic nitrogens is 1. The molecular weight excluding hydrogens is 248 g/mol. The van der Waals surface area contributed by atoms with E-state index in [0.717, 1.165) is 18.7 Å². The number of aryl methyl sites for hydroxylation is 2. The van der Waals surface area contributed by atoms with Crippen LogP contribution in [0.1, 0.15) is 48.3 Å². The molecule has 18 heavy (non-hydrogen) atoms. The van der Waals surface area contributed by atoms with Gasteiger partial charge in [-0.3, -0.25) is 9.69 Å². The lowest BCUT2D eigenvalue weighted by atomic mass is 10.2. The van der Waals surface area contributed by atoms with Crippen LogP contribution in [0, 0.1) is 6.92 Å². The molecule has 1 aromatic rings. The Hall–Kier alpha value is -0.940. The SMILES string of the molecule is CCc1nc(C)c(C(C)N(C)CCCC(=O)O)s1. The molecule has 0 aliphatic rings. The quantitative estimate of drug-likeness (QED) is 0.827. The Morgan fingerprint density at radius 1 is 1.56 bits per heavy atom. The van der Waals surface area contributed by atoms with Crippen LogP contribution in [0.5, 0.6) is 0 Å². The van der Waals surface area contributed by atoms with Gasteiger partial charge in [0, 0.05) is 17.3 Å². The molecule has 102 valence electrons. The van der Waals surface area contributed by atoms with E-state index in [1.54, 1.807) is 11.3 Å². The third kappa shape index (κ3) is 4.07. The molecule has 1 aromatic heterocycles. The lowest BCUT2D eigenvalue weighted by molar-refractivity contribution is -0.137. The van der Waals surface area contributed by atoms with Gasteiger partial charge in [-0.2, -0.15) is 0 Å². The average molecular weight is 270 g/mol. The Morgan fingerprint density at radius 3 is 2.72 bits per heavy atom. The largest absolute Gasteiger partial charge is 0.481 e. The third-order valence-corrected chi connectivity index (χ3v) is 4.59. The number of thiazole rings is 1. The Balaban J connectivity index is 2.59. The number of nitrogens with zero attached hydrogens (tertiary/aromatic N) is 2. The predicted molar refractivity (Wildman–Crippen MR) is 74.1 cm³/mol. The number of carbonyl (C=O) groups is 1. The van der Waals surface area contributed by atoms with Crippen LogP contribution in [0.25, 0.3) is 0 Å². The van der Waals surface area contributed by atoms with Crippen LogP contribution < -0.4 is 0 Å². The lowest BCUT2D eigenvalue weighted by Crippen LogP contribution is -2.24. The van der Waals surface area contributed by atoms with Crippen molar-refractivity contribution in [2.24, 2.45) is 0 Å². The first kappa shape index (κ1) is 15.1. The molecular formula is C13H22N2O2S. The Kier molecular flexibility index (Phi) is 5.75. The Bertz CT molecular complexity index is 404. The smallest absolute Gasteiger partial charge is 0.303 e. The highest BCUT2D eigenvalue weighted by molar-refractivity contribution is 7.11. The highest BCUT2D eigenvalue weighted by Crippen LogP contribution is 2.28. The molecule has 0 fully saturated rings. The van der Waals surface area contributed by atoms with Crippen molar-refractivity contribution in [1.82, 2.24) is 9.88 Å². The fraction of sp³-hybridized carbons (Fsp3) is 0.692. The highest BCUT2D eigenvalue weighted by atomic mass is 32.1. The van der Waals surface area contributed by atoms with Gasteiger partial charge in [0.1, 0.15) is 0 Å². The minimum atomic E-state index is -0.724. The van der Waals surface area contributed by atoms with E-state index in [9.17, 15) is 4.79 Å². The fourth-order valence-corrected chi connectivity index (χ4v) is 3.00. The van der Waals surface area contributed by atoms with Gasteiger partial charge < -0.3 is 5.11 Å². The first-order valence-corrected chi connectivity index (χ1v) is 7.15. The van der Waals surface area contributed by atoms with E-state index in [1.165, 1.54) is 9.88 Å². The average Bonchev–Trinajstić information content (AvgIpc) is 2.69. The summed E-state index contributed by atoms with van der Waals surface area (Å²) in [5, 5.41) is 9.81. The molecule has 5 heteroatoms. The number of aliphatic carboxylic acids is 1. The molecule has 0 radical (unpaired) electrons. The van der Waals surface area contributed by atoms with Crippen LogP contribution in [0.4, 0.5) is 0 Å². The topological polar surface area (TPSA) is 53.4 Å². The third-order valence-electron chi connectivity index (χ3n) is 3.12. The second-order valence-corrected chi connectivity index (χ2v) is 5.68. The zero-order valence-electron chi connectivity index (χ0n) is 11.6. The van der Waals surface area contributed by atoms with E-state index >= 15 is 0 Å². The summed E-state index contributed by atoms with van der Waals surface area (Å²) < 4.78 is 0. The van der Waals surface area contributed by atoms with Gasteiger partial charge in [0.05, 0.1) is 10.7 Å². The minimum absolute atomic E-state index is 0.235. The van der Waals surface area contributed by atoms with Crippen LogP contribution in [-0.2, 0) is 11.2 Å². The van der Waals surface area contributed by atoms with Crippen LogP contribution in [-0.4, -0.2) is 34.6 Å². The van der Waals surface area contributed by atoms with Crippen molar-refractivity contribution in [3.05, 3.63) is 15.6 Å². The van der Waals surface area contributed by atoms with Gasteiger partial charge >= 0.3 is 5.97 Å². The zero-order valence-corrected chi connectivity index (χ0v) is 12.4. The van der Waals surface area contributed by atoms with Crippen LogP contribution in [0.2, 0.25) is 0 Å². The lowest BCUT2D eigenvalue weighted by Gasteiger charge is -2.23. The molecule has 0 spiro atoms. The zero-order chi connectivity index (χ0) is 13.7. The Morgan fingerprint density at radius 2 is 2.22 bits per heavy atom. The number of rotatable bonds is 7. The summed E-state index contributed by atoms with van der Waals surface area (Å²) in [4.78, 5) is 18.5. The van der Waals surface area contributed by atoms with Crippen molar-refractivity contribution in [1.29, 1.82) is 0 Å². The van der Waals surface area contributed by atoms with Crippen LogP contribution in [0.3, 0.4) is 0 Å². The molecule has 0 bridgehead atoms. The molecule has 1 atom stereocenters. The molecule has 0 aliphatic heterocycles. The number of carboxylic acid groups (broad SMARTS) is 1. The molecule has 1 heterocycles. The molecule has 0 amide bonds. The van der Waals surface area contributed by atoms with Crippen molar-refractivity contribution in [2.45, 2.75) is 46.1 Å². The van der Waals surface area contributed by atoms with Crippen LogP contribution >= 0.6 is 11.3 Å². The monoisotopic (exact) mass is 270 g/mol. The summed E-state index contributed by atoms with van der Waals surface area (Å²) in [5.41, 5.74) is 1.11. The molecule has 0 aliphatic carbocycles. The number of carboxylic acids is 1. The second kappa shape index (κ2) is 6.85. The van der Waals surface area contributed by atoms with Gasteiger partial charge in [-0.25, -0.2) is 4.98 Å². The van der Waals surface area contributed by atoms with Crippen molar-refractivity contribution >= 4 is 17.3 Å². The molecule has 0 saturated heterocycles. The first-order valence-electron chi connectivity index (χ1n) is 6.34. The normalized spacial score (nSPS) is 12.9. The maximum atomic E-state index is 10.5. The molecule has 0 saturated carbocycles. The molecule has 4 nitrogen and oxygen atoms in total. The van der Waals surface area contributed by atoms with E-state index in [0.29, 0.717) is 12.5 Å². The predicted octanol–water partition coefficient (Wildman–Crippen LogP) is 2.87. The van der Waals surface area contributed by atoms with Crippen LogP contribution in [0.15, 0.2) is 0 Å². The molecule has 1 N–H and O–H groups in total. The minimum Gasteiger partial charge on any atom is -0.481 e. The maximum absolute atomic E-state index is 10.5. The van der Waals surface area contributed by atoms with E-state index < -0.39 is 5.97 Å².